The van der Waals surface area contributed by atoms with Gasteiger partial charge >= 0.3 is 5.97 Å². The van der Waals surface area contributed by atoms with Gasteiger partial charge in [-0.2, -0.15) is 0 Å². The second-order valence-corrected chi connectivity index (χ2v) is 2.51. The molecular formula is C8H7NO4. The number of Topliss-reactive ketones (excluding diaryl/α,β-unsaturated/α-hetero) is 1. The Morgan fingerprint density at radius 2 is 2.00 bits per heavy atom. The molecule has 0 radical (unpaired) electrons. The van der Waals surface area contributed by atoms with Gasteiger partial charge in [-0.05, 0) is 6.07 Å². The Morgan fingerprint density at radius 1 is 1.38 bits per heavy atom. The van der Waals surface area contributed by atoms with E-state index in [0.29, 0.717) is 0 Å². The Balaban J connectivity index is 3.35. The number of hydrogen-bond acceptors (Lipinski definition) is 3. The van der Waals surface area contributed by atoms with Crippen molar-refractivity contribution in [3.63, 3.8) is 0 Å². The Kier molecular flexibility index (Phi) is 2.27. The summed E-state index contributed by atoms with van der Waals surface area (Å²) in [5.74, 6) is -1.60. The molecule has 0 fully saturated rings. The molecule has 0 aliphatic heterocycles. The molecule has 0 aliphatic rings. The van der Waals surface area contributed by atoms with Crippen molar-refractivity contribution in [1.82, 2.24) is 4.98 Å². The zero-order valence-corrected chi connectivity index (χ0v) is 6.83. The molecule has 0 amide bonds. The average molecular weight is 181 g/mol. The third-order valence-electron chi connectivity index (χ3n) is 1.47. The van der Waals surface area contributed by atoms with Crippen molar-refractivity contribution < 1.29 is 14.7 Å². The van der Waals surface area contributed by atoms with Crippen LogP contribution in [0.15, 0.2) is 16.9 Å². The normalized spacial score (nSPS) is 9.62. The lowest BCUT2D eigenvalue weighted by Crippen LogP contribution is -2.14. The number of ketones is 1. The number of pyridine rings is 1. The summed E-state index contributed by atoms with van der Waals surface area (Å²) in [5.41, 5.74) is -0.774. The minimum atomic E-state index is -1.23. The van der Waals surface area contributed by atoms with Crippen LogP contribution < -0.4 is 5.56 Å². The van der Waals surface area contributed by atoms with Crippen molar-refractivity contribution in [2.75, 3.05) is 0 Å². The second kappa shape index (κ2) is 3.22. The van der Waals surface area contributed by atoms with Crippen LogP contribution in [0.1, 0.15) is 27.8 Å². The first-order chi connectivity index (χ1) is 6.00. The van der Waals surface area contributed by atoms with Gasteiger partial charge in [-0.15, -0.1) is 0 Å². The highest BCUT2D eigenvalue weighted by molar-refractivity contribution is 5.95. The van der Waals surface area contributed by atoms with Crippen molar-refractivity contribution in [2.24, 2.45) is 0 Å². The van der Waals surface area contributed by atoms with E-state index >= 15 is 0 Å². The summed E-state index contributed by atoms with van der Waals surface area (Å²) in [6, 6.07) is 2.06. The van der Waals surface area contributed by atoms with Gasteiger partial charge in [0.05, 0.1) is 11.3 Å². The van der Waals surface area contributed by atoms with Crippen LogP contribution in [0.2, 0.25) is 0 Å². The summed E-state index contributed by atoms with van der Waals surface area (Å²) in [5, 5.41) is 8.55. The number of carboxylic acids is 1. The highest BCUT2D eigenvalue weighted by Gasteiger charge is 2.07. The Morgan fingerprint density at radius 3 is 2.46 bits per heavy atom. The van der Waals surface area contributed by atoms with Crippen LogP contribution in [-0.4, -0.2) is 21.8 Å². The van der Waals surface area contributed by atoms with Crippen molar-refractivity contribution in [3.05, 3.63) is 33.7 Å². The lowest BCUT2D eigenvalue weighted by Gasteiger charge is -1.96. The van der Waals surface area contributed by atoms with E-state index in [0.717, 1.165) is 12.1 Å². The first kappa shape index (κ1) is 9.18. The Hall–Kier alpha value is -1.91. The molecule has 0 aliphatic carbocycles. The van der Waals surface area contributed by atoms with Crippen molar-refractivity contribution >= 4 is 11.8 Å². The SMILES string of the molecule is CC(=O)c1cc(C(=O)O)cc(=O)[nH]1. The fourth-order valence-electron chi connectivity index (χ4n) is 0.856. The van der Waals surface area contributed by atoms with Gasteiger partial charge in [-0.25, -0.2) is 4.79 Å². The van der Waals surface area contributed by atoms with E-state index in [4.69, 9.17) is 5.11 Å². The second-order valence-electron chi connectivity index (χ2n) is 2.51. The fraction of sp³-hybridized carbons (Fsp3) is 0.125. The molecule has 0 saturated heterocycles. The third-order valence-corrected chi connectivity index (χ3v) is 1.47. The topological polar surface area (TPSA) is 87.2 Å². The molecule has 0 bridgehead atoms. The number of carboxylic acid groups (broad SMARTS) is 1. The first-order valence-electron chi connectivity index (χ1n) is 3.49. The highest BCUT2D eigenvalue weighted by Crippen LogP contribution is 1.99. The number of H-pyrrole nitrogens is 1. The summed E-state index contributed by atoms with van der Waals surface area (Å²) < 4.78 is 0. The lowest BCUT2D eigenvalue weighted by atomic mass is 10.2. The van der Waals surface area contributed by atoms with E-state index in [1.165, 1.54) is 6.92 Å². The summed E-state index contributed by atoms with van der Waals surface area (Å²) >= 11 is 0. The zero-order valence-electron chi connectivity index (χ0n) is 6.83. The standard InChI is InChI=1S/C8H7NO4/c1-4(10)6-2-5(8(12)13)3-7(11)9-6/h2-3H,1H3,(H,9,11)(H,12,13). The van der Waals surface area contributed by atoms with Crippen LogP contribution in [0.4, 0.5) is 0 Å². The molecule has 0 saturated carbocycles. The smallest absolute Gasteiger partial charge is 0.335 e. The molecule has 2 N–H and O–H groups in total. The van der Waals surface area contributed by atoms with Gasteiger partial charge in [0.25, 0.3) is 0 Å². The maximum Gasteiger partial charge on any atom is 0.335 e. The maximum absolute atomic E-state index is 10.8. The van der Waals surface area contributed by atoms with Crippen LogP contribution in [0, 0.1) is 0 Å². The molecular weight excluding hydrogens is 174 g/mol. The van der Waals surface area contributed by atoms with E-state index in [1.54, 1.807) is 0 Å². The van der Waals surface area contributed by atoms with Crippen LogP contribution in [0.25, 0.3) is 0 Å². The molecule has 1 aromatic heterocycles. The largest absolute Gasteiger partial charge is 0.478 e. The number of aromatic carboxylic acids is 1. The minimum absolute atomic E-state index is 0.00454. The third kappa shape index (κ3) is 2.02. The van der Waals surface area contributed by atoms with Crippen LogP contribution in [-0.2, 0) is 0 Å². The Bertz CT molecular complexity index is 383. The summed E-state index contributed by atoms with van der Waals surface area (Å²) in [4.78, 5) is 34.4. The van der Waals surface area contributed by atoms with Crippen molar-refractivity contribution in [1.29, 1.82) is 0 Å². The van der Waals surface area contributed by atoms with E-state index in [2.05, 4.69) is 4.98 Å². The van der Waals surface area contributed by atoms with E-state index in [1.807, 2.05) is 0 Å². The minimum Gasteiger partial charge on any atom is -0.478 e. The molecule has 1 aromatic rings. The Labute approximate surface area is 73.0 Å². The molecule has 5 heteroatoms. The molecule has 0 unspecified atom stereocenters. The van der Waals surface area contributed by atoms with E-state index < -0.39 is 11.5 Å². The van der Waals surface area contributed by atoms with Crippen LogP contribution >= 0.6 is 0 Å². The number of nitrogens with one attached hydrogen (secondary N) is 1. The average Bonchev–Trinajstić information content (AvgIpc) is 2.03. The number of aromatic nitrogens is 1. The fourth-order valence-corrected chi connectivity index (χ4v) is 0.856. The zero-order chi connectivity index (χ0) is 10.0. The predicted octanol–water partition coefficient (Wildman–Crippen LogP) is 0.276. The van der Waals surface area contributed by atoms with E-state index in [-0.39, 0.29) is 17.0 Å². The number of rotatable bonds is 2. The molecule has 0 spiro atoms. The van der Waals surface area contributed by atoms with E-state index in [9.17, 15) is 14.4 Å². The van der Waals surface area contributed by atoms with Crippen LogP contribution in [0.5, 0.6) is 0 Å². The number of hydrogen-bond donors (Lipinski definition) is 2. The number of aromatic amines is 1. The van der Waals surface area contributed by atoms with Gasteiger partial charge in [0.1, 0.15) is 0 Å². The van der Waals surface area contributed by atoms with Gasteiger partial charge < -0.3 is 10.1 Å². The van der Waals surface area contributed by atoms with Crippen molar-refractivity contribution in [3.8, 4) is 0 Å². The molecule has 5 nitrogen and oxygen atoms in total. The number of carbonyl (C=O) groups is 2. The predicted molar refractivity (Wildman–Crippen MR) is 44.0 cm³/mol. The molecule has 1 rings (SSSR count). The van der Waals surface area contributed by atoms with Crippen molar-refractivity contribution in [2.45, 2.75) is 6.92 Å². The van der Waals surface area contributed by atoms with Crippen LogP contribution in [0.3, 0.4) is 0 Å². The van der Waals surface area contributed by atoms with Gasteiger partial charge in [-0.1, -0.05) is 0 Å². The highest BCUT2D eigenvalue weighted by atomic mass is 16.4. The lowest BCUT2D eigenvalue weighted by molar-refractivity contribution is 0.0696. The monoisotopic (exact) mass is 181 g/mol. The molecule has 13 heavy (non-hydrogen) atoms. The van der Waals surface area contributed by atoms with Gasteiger partial charge in [0.2, 0.25) is 5.56 Å². The summed E-state index contributed by atoms with van der Waals surface area (Å²) in [6.45, 7) is 1.25. The van der Waals surface area contributed by atoms with Gasteiger partial charge in [0.15, 0.2) is 5.78 Å². The quantitative estimate of drug-likeness (QED) is 0.641. The molecule has 0 atom stereocenters. The maximum atomic E-state index is 10.8. The first-order valence-corrected chi connectivity index (χ1v) is 3.49. The summed E-state index contributed by atoms with van der Waals surface area (Å²) in [6.07, 6.45) is 0. The van der Waals surface area contributed by atoms with Gasteiger partial charge in [-0.3, -0.25) is 9.59 Å². The molecule has 68 valence electrons. The number of carbonyl (C=O) groups excluding carboxylic acids is 1. The molecule has 0 aromatic carbocycles. The molecule has 1 heterocycles. The van der Waals surface area contributed by atoms with Gasteiger partial charge in [0, 0.05) is 13.0 Å². The summed E-state index contributed by atoms with van der Waals surface area (Å²) in [7, 11) is 0.